The molecule has 1 aliphatic heterocycles. The third-order valence-electron chi connectivity index (χ3n) is 4.63. The van der Waals surface area contributed by atoms with E-state index >= 15 is 0 Å². The average Bonchev–Trinajstić information content (AvgIpc) is 2.83. The fourth-order valence-electron chi connectivity index (χ4n) is 3.50. The summed E-state index contributed by atoms with van der Waals surface area (Å²) in [6.07, 6.45) is 1.13. The van der Waals surface area contributed by atoms with Crippen LogP contribution in [0.3, 0.4) is 0 Å². The number of hydrogen-bond donors (Lipinski definition) is 0. The molecule has 2 aromatic carbocycles. The predicted molar refractivity (Wildman–Crippen MR) is 94.6 cm³/mol. The van der Waals surface area contributed by atoms with Crippen LogP contribution >= 0.6 is 11.6 Å². The minimum absolute atomic E-state index is 0.474. The Labute approximate surface area is 141 Å². The summed E-state index contributed by atoms with van der Waals surface area (Å²) in [7, 11) is 0. The standard InChI is InChI=1S/C19H20ClN3/c1-14-9-10-22(12-15-5-4-6-16(20)11-15)13-19-21-17-7-2-3-8-18(17)23(14)19/h2-8,11,14H,9-10,12-13H2,1H3. The van der Waals surface area contributed by atoms with Gasteiger partial charge < -0.3 is 4.57 Å². The minimum atomic E-state index is 0.474. The van der Waals surface area contributed by atoms with Crippen molar-refractivity contribution in [1.29, 1.82) is 0 Å². The van der Waals surface area contributed by atoms with E-state index in [1.807, 2.05) is 12.1 Å². The van der Waals surface area contributed by atoms with Crippen LogP contribution in [0.1, 0.15) is 30.8 Å². The van der Waals surface area contributed by atoms with Gasteiger partial charge in [-0.25, -0.2) is 4.98 Å². The summed E-state index contributed by atoms with van der Waals surface area (Å²) in [5.41, 5.74) is 3.60. The Hall–Kier alpha value is -1.84. The SMILES string of the molecule is CC1CCN(Cc2cccc(Cl)c2)Cc2nc3ccccc3n21. The first kappa shape index (κ1) is 14.7. The van der Waals surface area contributed by atoms with Gasteiger partial charge in [0.1, 0.15) is 5.82 Å². The zero-order valence-corrected chi connectivity index (χ0v) is 14.0. The van der Waals surface area contributed by atoms with E-state index in [0.717, 1.165) is 36.6 Å². The first-order valence-electron chi connectivity index (χ1n) is 8.13. The molecule has 23 heavy (non-hydrogen) atoms. The van der Waals surface area contributed by atoms with Gasteiger partial charge in [-0.3, -0.25) is 4.90 Å². The van der Waals surface area contributed by atoms with Gasteiger partial charge in [0.05, 0.1) is 17.6 Å². The monoisotopic (exact) mass is 325 g/mol. The number of hydrogen-bond acceptors (Lipinski definition) is 2. The second kappa shape index (κ2) is 5.99. The van der Waals surface area contributed by atoms with Crippen molar-refractivity contribution in [3.05, 3.63) is 64.9 Å². The fourth-order valence-corrected chi connectivity index (χ4v) is 3.72. The summed E-state index contributed by atoms with van der Waals surface area (Å²) in [5, 5.41) is 0.804. The Bertz CT molecular complexity index is 840. The number of para-hydroxylation sites is 2. The summed E-state index contributed by atoms with van der Waals surface area (Å²) >= 11 is 6.12. The average molecular weight is 326 g/mol. The Morgan fingerprint density at radius 1 is 1.17 bits per heavy atom. The highest BCUT2D eigenvalue weighted by atomic mass is 35.5. The number of rotatable bonds is 2. The zero-order chi connectivity index (χ0) is 15.8. The Kier molecular flexibility index (Phi) is 3.83. The molecule has 0 spiro atoms. The number of aromatic nitrogens is 2. The molecule has 4 rings (SSSR count). The van der Waals surface area contributed by atoms with Crippen LogP contribution in [0.4, 0.5) is 0 Å². The van der Waals surface area contributed by atoms with Crippen molar-refractivity contribution >= 4 is 22.6 Å². The van der Waals surface area contributed by atoms with Crippen molar-refractivity contribution < 1.29 is 0 Å². The van der Waals surface area contributed by atoms with Crippen LogP contribution in [-0.4, -0.2) is 21.0 Å². The first-order valence-corrected chi connectivity index (χ1v) is 8.51. The van der Waals surface area contributed by atoms with Crippen LogP contribution in [0.25, 0.3) is 11.0 Å². The lowest BCUT2D eigenvalue weighted by Crippen LogP contribution is -2.23. The van der Waals surface area contributed by atoms with Crippen LogP contribution in [0.2, 0.25) is 5.02 Å². The number of nitrogens with zero attached hydrogens (tertiary/aromatic N) is 3. The van der Waals surface area contributed by atoms with E-state index in [1.54, 1.807) is 0 Å². The van der Waals surface area contributed by atoms with Gasteiger partial charge in [-0.05, 0) is 43.2 Å². The third kappa shape index (κ3) is 2.87. The van der Waals surface area contributed by atoms with Gasteiger partial charge in [-0.1, -0.05) is 35.9 Å². The molecule has 1 atom stereocenters. The molecule has 1 unspecified atom stereocenters. The molecule has 0 N–H and O–H groups in total. The molecule has 2 heterocycles. The lowest BCUT2D eigenvalue weighted by Gasteiger charge is -2.19. The van der Waals surface area contributed by atoms with E-state index in [2.05, 4.69) is 52.8 Å². The molecule has 1 aromatic heterocycles. The zero-order valence-electron chi connectivity index (χ0n) is 13.2. The van der Waals surface area contributed by atoms with Crippen molar-refractivity contribution in [1.82, 2.24) is 14.5 Å². The quantitative estimate of drug-likeness (QED) is 0.683. The smallest absolute Gasteiger partial charge is 0.124 e. The summed E-state index contributed by atoms with van der Waals surface area (Å²) in [6.45, 7) is 5.16. The van der Waals surface area contributed by atoms with Crippen LogP contribution in [0, 0.1) is 0 Å². The molecule has 118 valence electrons. The molecule has 0 aliphatic carbocycles. The number of imidazole rings is 1. The number of fused-ring (bicyclic) bond motifs is 3. The lowest BCUT2D eigenvalue weighted by molar-refractivity contribution is 0.255. The number of benzene rings is 2. The summed E-state index contributed by atoms with van der Waals surface area (Å²) < 4.78 is 2.41. The molecule has 0 saturated heterocycles. The summed E-state index contributed by atoms with van der Waals surface area (Å²) in [4.78, 5) is 7.33. The number of halogens is 1. The van der Waals surface area contributed by atoms with E-state index in [0.29, 0.717) is 6.04 Å². The van der Waals surface area contributed by atoms with E-state index < -0.39 is 0 Å². The van der Waals surface area contributed by atoms with E-state index in [9.17, 15) is 0 Å². The summed E-state index contributed by atoms with van der Waals surface area (Å²) in [6, 6.07) is 17.0. The normalized spacial score (nSPS) is 18.8. The van der Waals surface area contributed by atoms with Crippen molar-refractivity contribution in [3.63, 3.8) is 0 Å². The minimum Gasteiger partial charge on any atom is -0.324 e. The lowest BCUT2D eigenvalue weighted by atomic mass is 10.2. The van der Waals surface area contributed by atoms with Crippen molar-refractivity contribution in [2.24, 2.45) is 0 Å². The van der Waals surface area contributed by atoms with E-state index in [4.69, 9.17) is 16.6 Å². The molecule has 4 heteroatoms. The molecule has 1 aliphatic rings. The van der Waals surface area contributed by atoms with Gasteiger partial charge >= 0.3 is 0 Å². The van der Waals surface area contributed by atoms with Gasteiger partial charge in [-0.2, -0.15) is 0 Å². The second-order valence-corrected chi connectivity index (χ2v) is 6.80. The molecular formula is C19H20ClN3. The molecule has 3 aromatic rings. The van der Waals surface area contributed by atoms with Crippen LogP contribution in [-0.2, 0) is 13.1 Å². The van der Waals surface area contributed by atoms with E-state index in [-0.39, 0.29) is 0 Å². The van der Waals surface area contributed by atoms with Crippen LogP contribution in [0.15, 0.2) is 48.5 Å². The first-order chi connectivity index (χ1) is 11.2. The topological polar surface area (TPSA) is 21.1 Å². The molecular weight excluding hydrogens is 306 g/mol. The largest absolute Gasteiger partial charge is 0.324 e. The van der Waals surface area contributed by atoms with Crippen LogP contribution < -0.4 is 0 Å². The maximum atomic E-state index is 6.12. The third-order valence-corrected chi connectivity index (χ3v) is 4.87. The predicted octanol–water partition coefficient (Wildman–Crippen LogP) is 4.66. The van der Waals surface area contributed by atoms with E-state index in [1.165, 1.54) is 16.9 Å². The maximum Gasteiger partial charge on any atom is 0.124 e. The van der Waals surface area contributed by atoms with Gasteiger partial charge in [0.15, 0.2) is 0 Å². The van der Waals surface area contributed by atoms with Crippen molar-refractivity contribution in [3.8, 4) is 0 Å². The molecule has 0 bridgehead atoms. The maximum absolute atomic E-state index is 6.12. The van der Waals surface area contributed by atoms with Gasteiger partial charge in [0.2, 0.25) is 0 Å². The molecule has 0 saturated carbocycles. The van der Waals surface area contributed by atoms with Gasteiger partial charge in [0.25, 0.3) is 0 Å². The highest BCUT2D eigenvalue weighted by Gasteiger charge is 2.22. The molecule has 3 nitrogen and oxygen atoms in total. The Morgan fingerprint density at radius 2 is 2.04 bits per heavy atom. The second-order valence-electron chi connectivity index (χ2n) is 6.37. The van der Waals surface area contributed by atoms with Gasteiger partial charge in [0, 0.05) is 24.2 Å². The summed E-state index contributed by atoms with van der Waals surface area (Å²) in [5.74, 6) is 1.17. The van der Waals surface area contributed by atoms with Crippen molar-refractivity contribution in [2.45, 2.75) is 32.5 Å². The highest BCUT2D eigenvalue weighted by molar-refractivity contribution is 6.30. The molecule has 0 amide bonds. The van der Waals surface area contributed by atoms with Crippen LogP contribution in [0.5, 0.6) is 0 Å². The Morgan fingerprint density at radius 3 is 2.91 bits per heavy atom. The highest BCUT2D eigenvalue weighted by Crippen LogP contribution is 2.27. The Balaban J connectivity index is 1.66. The molecule has 0 fully saturated rings. The fraction of sp³-hybridized carbons (Fsp3) is 0.316. The van der Waals surface area contributed by atoms with Crippen molar-refractivity contribution in [2.75, 3.05) is 6.54 Å². The molecule has 0 radical (unpaired) electrons. The van der Waals surface area contributed by atoms with Gasteiger partial charge in [-0.15, -0.1) is 0 Å².